The van der Waals surface area contributed by atoms with E-state index < -0.39 is 0 Å². The fourth-order valence-electron chi connectivity index (χ4n) is 2.32. The molecule has 0 aromatic heterocycles. The number of phenols is 1. The van der Waals surface area contributed by atoms with Gasteiger partial charge in [0, 0.05) is 0 Å². The number of hydrogen-bond donors (Lipinski definition) is 1. The van der Waals surface area contributed by atoms with E-state index in [0.717, 1.165) is 12.0 Å². The van der Waals surface area contributed by atoms with Crippen molar-refractivity contribution in [1.29, 1.82) is 0 Å². The molecule has 0 fully saturated rings. The second kappa shape index (κ2) is 5.08. The van der Waals surface area contributed by atoms with Crippen molar-refractivity contribution in [2.24, 2.45) is 0 Å². The molecule has 0 aliphatic heterocycles. The van der Waals surface area contributed by atoms with Gasteiger partial charge in [-0.15, -0.1) is 0 Å². The SMILES string of the molecule is CCc1ccc(-c2ccc(O)cc2)c(C(C)(C)C)c1. The number of aromatic hydroxyl groups is 1. The van der Waals surface area contributed by atoms with E-state index in [4.69, 9.17) is 0 Å². The van der Waals surface area contributed by atoms with Gasteiger partial charge in [-0.05, 0) is 46.2 Å². The lowest BCUT2D eigenvalue weighted by Gasteiger charge is -2.24. The highest BCUT2D eigenvalue weighted by molar-refractivity contribution is 5.69. The van der Waals surface area contributed by atoms with E-state index in [9.17, 15) is 5.11 Å². The van der Waals surface area contributed by atoms with Gasteiger partial charge in [0.25, 0.3) is 0 Å². The van der Waals surface area contributed by atoms with Crippen LogP contribution in [0.25, 0.3) is 11.1 Å². The van der Waals surface area contributed by atoms with Gasteiger partial charge in [-0.25, -0.2) is 0 Å². The van der Waals surface area contributed by atoms with Crippen molar-refractivity contribution < 1.29 is 5.11 Å². The van der Waals surface area contributed by atoms with Gasteiger partial charge in [0.05, 0.1) is 0 Å². The fraction of sp³-hybridized carbons (Fsp3) is 0.333. The number of rotatable bonds is 2. The molecule has 100 valence electrons. The molecule has 0 saturated carbocycles. The molecule has 2 rings (SSSR count). The van der Waals surface area contributed by atoms with Crippen LogP contribution < -0.4 is 0 Å². The number of aryl methyl sites for hydroxylation is 1. The molecule has 0 radical (unpaired) electrons. The van der Waals surface area contributed by atoms with Gasteiger partial charge in [0.15, 0.2) is 0 Å². The van der Waals surface area contributed by atoms with Crippen molar-refractivity contribution in [1.82, 2.24) is 0 Å². The van der Waals surface area contributed by atoms with Gasteiger partial charge in [-0.3, -0.25) is 0 Å². The molecule has 0 aliphatic rings. The fourth-order valence-corrected chi connectivity index (χ4v) is 2.32. The maximum atomic E-state index is 9.41. The van der Waals surface area contributed by atoms with Crippen molar-refractivity contribution in [3.63, 3.8) is 0 Å². The average Bonchev–Trinajstić information content (AvgIpc) is 2.38. The third kappa shape index (κ3) is 2.98. The number of phenolic OH excluding ortho intramolecular Hbond substituents is 1. The topological polar surface area (TPSA) is 20.2 Å². The predicted molar refractivity (Wildman–Crippen MR) is 81.6 cm³/mol. The first kappa shape index (κ1) is 13.7. The Morgan fingerprint density at radius 1 is 0.947 bits per heavy atom. The number of benzene rings is 2. The average molecular weight is 254 g/mol. The summed E-state index contributed by atoms with van der Waals surface area (Å²) < 4.78 is 0. The van der Waals surface area contributed by atoms with Crippen molar-refractivity contribution in [2.45, 2.75) is 39.5 Å². The highest BCUT2D eigenvalue weighted by Gasteiger charge is 2.19. The molecule has 1 heteroatoms. The maximum Gasteiger partial charge on any atom is 0.115 e. The lowest BCUT2D eigenvalue weighted by atomic mass is 9.80. The molecule has 0 amide bonds. The summed E-state index contributed by atoms with van der Waals surface area (Å²) in [6.45, 7) is 8.91. The van der Waals surface area contributed by atoms with E-state index in [1.807, 2.05) is 12.1 Å². The molecule has 1 N–H and O–H groups in total. The lowest BCUT2D eigenvalue weighted by molar-refractivity contribution is 0.475. The Bertz CT molecular complexity index is 559. The third-order valence-electron chi connectivity index (χ3n) is 3.48. The Kier molecular flexibility index (Phi) is 3.66. The van der Waals surface area contributed by atoms with Crippen molar-refractivity contribution >= 4 is 0 Å². The molecule has 19 heavy (non-hydrogen) atoms. The summed E-state index contributed by atoms with van der Waals surface area (Å²) in [7, 11) is 0. The summed E-state index contributed by atoms with van der Waals surface area (Å²) in [5, 5.41) is 9.41. The Balaban J connectivity index is 2.59. The first-order valence-corrected chi connectivity index (χ1v) is 6.84. The molecule has 0 atom stereocenters. The zero-order chi connectivity index (χ0) is 14.0. The van der Waals surface area contributed by atoms with Crippen LogP contribution in [0.5, 0.6) is 5.75 Å². The van der Waals surface area contributed by atoms with Crippen molar-refractivity contribution in [3.8, 4) is 16.9 Å². The van der Waals surface area contributed by atoms with E-state index in [0.29, 0.717) is 5.75 Å². The zero-order valence-electron chi connectivity index (χ0n) is 12.2. The van der Waals surface area contributed by atoms with Crippen LogP contribution in [0, 0.1) is 0 Å². The smallest absolute Gasteiger partial charge is 0.115 e. The maximum absolute atomic E-state index is 9.41. The minimum absolute atomic E-state index is 0.110. The van der Waals surface area contributed by atoms with E-state index in [-0.39, 0.29) is 5.41 Å². The van der Waals surface area contributed by atoms with Gasteiger partial charge in [0.2, 0.25) is 0 Å². The summed E-state index contributed by atoms with van der Waals surface area (Å²) in [5.41, 5.74) is 5.25. The van der Waals surface area contributed by atoms with Gasteiger partial charge in [0.1, 0.15) is 5.75 Å². The molecule has 0 saturated heterocycles. The monoisotopic (exact) mass is 254 g/mol. The zero-order valence-corrected chi connectivity index (χ0v) is 12.2. The molecular weight excluding hydrogens is 232 g/mol. The van der Waals surface area contributed by atoms with Crippen LogP contribution in [0.4, 0.5) is 0 Å². The highest BCUT2D eigenvalue weighted by atomic mass is 16.3. The van der Waals surface area contributed by atoms with Crippen molar-refractivity contribution in [2.75, 3.05) is 0 Å². The van der Waals surface area contributed by atoms with E-state index in [2.05, 4.69) is 45.9 Å². The van der Waals surface area contributed by atoms with E-state index in [1.165, 1.54) is 16.7 Å². The second-order valence-electron chi connectivity index (χ2n) is 6.03. The van der Waals surface area contributed by atoms with Crippen LogP contribution in [0.3, 0.4) is 0 Å². The van der Waals surface area contributed by atoms with Crippen LogP contribution in [-0.2, 0) is 11.8 Å². The van der Waals surface area contributed by atoms with Gasteiger partial charge < -0.3 is 5.11 Å². The van der Waals surface area contributed by atoms with E-state index >= 15 is 0 Å². The van der Waals surface area contributed by atoms with Gasteiger partial charge >= 0.3 is 0 Å². The van der Waals surface area contributed by atoms with Gasteiger partial charge in [-0.2, -0.15) is 0 Å². The predicted octanol–water partition coefficient (Wildman–Crippen LogP) is 4.92. The molecule has 2 aromatic rings. The van der Waals surface area contributed by atoms with Crippen LogP contribution in [0.2, 0.25) is 0 Å². The summed E-state index contributed by atoms with van der Waals surface area (Å²) >= 11 is 0. The minimum Gasteiger partial charge on any atom is -0.508 e. The van der Waals surface area contributed by atoms with Crippen molar-refractivity contribution in [3.05, 3.63) is 53.6 Å². The standard InChI is InChI=1S/C18H22O/c1-5-13-6-11-16(17(12-13)18(2,3)4)14-7-9-15(19)10-8-14/h6-12,19H,5H2,1-4H3. The summed E-state index contributed by atoms with van der Waals surface area (Å²) in [4.78, 5) is 0. The molecule has 0 heterocycles. The molecule has 0 spiro atoms. The summed E-state index contributed by atoms with van der Waals surface area (Å²) in [5.74, 6) is 0.311. The molecule has 0 unspecified atom stereocenters. The minimum atomic E-state index is 0.110. The Morgan fingerprint density at radius 2 is 1.58 bits per heavy atom. The second-order valence-corrected chi connectivity index (χ2v) is 6.03. The summed E-state index contributed by atoms with van der Waals surface area (Å²) in [6.07, 6.45) is 1.05. The molecule has 0 aliphatic carbocycles. The molecule has 2 aromatic carbocycles. The van der Waals surface area contributed by atoms with Crippen LogP contribution in [0.1, 0.15) is 38.8 Å². The van der Waals surface area contributed by atoms with Crippen LogP contribution >= 0.6 is 0 Å². The lowest BCUT2D eigenvalue weighted by Crippen LogP contribution is -2.13. The first-order valence-electron chi connectivity index (χ1n) is 6.84. The first-order chi connectivity index (χ1) is 8.91. The Hall–Kier alpha value is -1.76. The number of hydrogen-bond acceptors (Lipinski definition) is 1. The van der Waals surface area contributed by atoms with Crippen LogP contribution in [0.15, 0.2) is 42.5 Å². The largest absolute Gasteiger partial charge is 0.508 e. The quantitative estimate of drug-likeness (QED) is 0.806. The van der Waals surface area contributed by atoms with Crippen LogP contribution in [-0.4, -0.2) is 5.11 Å². The molecule has 0 bridgehead atoms. The third-order valence-corrected chi connectivity index (χ3v) is 3.48. The molecule has 1 nitrogen and oxygen atoms in total. The molecular formula is C18H22O. The summed E-state index contributed by atoms with van der Waals surface area (Å²) in [6, 6.07) is 14.1. The van der Waals surface area contributed by atoms with E-state index in [1.54, 1.807) is 12.1 Å². The Labute approximate surface area is 115 Å². The normalized spacial score (nSPS) is 11.6. The Morgan fingerprint density at radius 3 is 2.11 bits per heavy atom. The highest BCUT2D eigenvalue weighted by Crippen LogP contribution is 2.34. The van der Waals surface area contributed by atoms with Gasteiger partial charge in [-0.1, -0.05) is 58.0 Å².